The molecule has 0 unspecified atom stereocenters. The minimum Gasteiger partial charge on any atom is -0.481 e. The van der Waals surface area contributed by atoms with Gasteiger partial charge in [0.05, 0.1) is 0 Å². The highest BCUT2D eigenvalue weighted by atomic mass is 16.6. The first-order valence-corrected chi connectivity index (χ1v) is 3.86. The molecule has 1 N–H and O–H groups in total. The number of esters is 1. The Morgan fingerprint density at radius 3 is 2.58 bits per heavy atom. The molecule has 0 radical (unpaired) electrons. The van der Waals surface area contributed by atoms with Crippen LogP contribution in [0.3, 0.4) is 0 Å². The number of aliphatic hydroxyl groups excluding tert-OH is 1. The van der Waals surface area contributed by atoms with Crippen LogP contribution in [0.1, 0.15) is 27.2 Å². The van der Waals surface area contributed by atoms with E-state index in [0.29, 0.717) is 12.0 Å². The van der Waals surface area contributed by atoms with Crippen molar-refractivity contribution >= 4 is 5.97 Å². The average Bonchev–Trinajstić information content (AvgIpc) is 2.03. The van der Waals surface area contributed by atoms with Gasteiger partial charge in [0.1, 0.15) is 0 Å². The Labute approximate surface area is 72.3 Å². The summed E-state index contributed by atoms with van der Waals surface area (Å²) in [5.41, 5.74) is 0.478. The molecule has 0 aliphatic heterocycles. The van der Waals surface area contributed by atoms with E-state index in [9.17, 15) is 4.79 Å². The van der Waals surface area contributed by atoms with Crippen molar-refractivity contribution in [1.82, 2.24) is 0 Å². The molecule has 0 saturated carbocycles. The first-order chi connectivity index (χ1) is 5.61. The average molecular weight is 170 g/mol. The molecular formula is C9H14O3. The van der Waals surface area contributed by atoms with Crippen molar-refractivity contribution < 1.29 is 14.6 Å². The Balaban J connectivity index is 4.10. The zero-order valence-electron chi connectivity index (χ0n) is 7.63. The molecule has 0 aliphatic carbocycles. The van der Waals surface area contributed by atoms with E-state index in [1.165, 1.54) is 6.08 Å². The van der Waals surface area contributed by atoms with E-state index >= 15 is 0 Å². The van der Waals surface area contributed by atoms with Crippen LogP contribution in [0.25, 0.3) is 0 Å². The van der Waals surface area contributed by atoms with Gasteiger partial charge in [0, 0.05) is 5.57 Å². The first-order valence-electron chi connectivity index (χ1n) is 3.86. The van der Waals surface area contributed by atoms with Gasteiger partial charge in [-0.3, -0.25) is 0 Å². The number of hydrogen-bond acceptors (Lipinski definition) is 3. The van der Waals surface area contributed by atoms with E-state index in [-0.39, 0.29) is 5.95 Å². The fraction of sp³-hybridized carbons (Fsp3) is 0.444. The van der Waals surface area contributed by atoms with E-state index in [2.05, 4.69) is 4.74 Å². The Bertz CT molecular complexity index is 214. The van der Waals surface area contributed by atoms with Crippen LogP contribution in [0.4, 0.5) is 0 Å². The third-order valence-corrected chi connectivity index (χ3v) is 1.33. The lowest BCUT2D eigenvalue weighted by molar-refractivity contribution is -0.138. The summed E-state index contributed by atoms with van der Waals surface area (Å²) in [5.74, 6) is -0.844. The first kappa shape index (κ1) is 10.8. The van der Waals surface area contributed by atoms with Crippen molar-refractivity contribution in [2.24, 2.45) is 0 Å². The van der Waals surface area contributed by atoms with E-state index in [0.717, 1.165) is 0 Å². The standard InChI is InChI=1S/C9H14O3/c1-4-6-8(10)12-9(11)7(3)5-2/h5-6,10H,4H2,1-3H3. The summed E-state index contributed by atoms with van der Waals surface area (Å²) in [5, 5.41) is 8.95. The third-order valence-electron chi connectivity index (χ3n) is 1.33. The fourth-order valence-electron chi connectivity index (χ4n) is 0.510. The summed E-state index contributed by atoms with van der Waals surface area (Å²) in [7, 11) is 0. The van der Waals surface area contributed by atoms with Crippen LogP contribution in [-0.2, 0) is 9.53 Å². The molecule has 0 atom stereocenters. The number of carbonyl (C=O) groups excluding carboxylic acids is 1. The largest absolute Gasteiger partial charge is 0.481 e. The predicted octanol–water partition coefficient (Wildman–Crippen LogP) is 2.31. The van der Waals surface area contributed by atoms with Crippen LogP contribution in [0.5, 0.6) is 0 Å². The Morgan fingerprint density at radius 1 is 1.58 bits per heavy atom. The summed E-state index contributed by atoms with van der Waals surface area (Å²) in [4.78, 5) is 11.0. The number of allylic oxidation sites excluding steroid dienone is 2. The molecule has 0 fully saturated rings. The van der Waals surface area contributed by atoms with Gasteiger partial charge in [-0.1, -0.05) is 13.0 Å². The second kappa shape index (κ2) is 5.41. The minimum atomic E-state index is -0.514. The van der Waals surface area contributed by atoms with Crippen LogP contribution < -0.4 is 0 Å². The SMILES string of the molecule is CC=C(C)C(=O)OC(O)=CCC. The maximum absolute atomic E-state index is 11.0. The van der Waals surface area contributed by atoms with Gasteiger partial charge in [0.25, 0.3) is 5.95 Å². The molecule has 0 heterocycles. The van der Waals surface area contributed by atoms with Crippen molar-refractivity contribution in [3.8, 4) is 0 Å². The number of aliphatic hydroxyl groups is 1. The molecule has 0 aliphatic rings. The normalized spacial score (nSPS) is 12.9. The topological polar surface area (TPSA) is 46.5 Å². The number of ether oxygens (including phenoxy) is 1. The smallest absolute Gasteiger partial charge is 0.341 e. The second-order valence-corrected chi connectivity index (χ2v) is 2.31. The number of rotatable bonds is 3. The van der Waals surface area contributed by atoms with Gasteiger partial charge >= 0.3 is 5.97 Å². The quantitative estimate of drug-likeness (QED) is 0.401. The third kappa shape index (κ3) is 3.81. The van der Waals surface area contributed by atoms with Gasteiger partial charge in [-0.2, -0.15) is 0 Å². The highest BCUT2D eigenvalue weighted by Crippen LogP contribution is 2.01. The predicted molar refractivity (Wildman–Crippen MR) is 46.5 cm³/mol. The molecule has 3 nitrogen and oxygen atoms in total. The van der Waals surface area contributed by atoms with Gasteiger partial charge in [0.2, 0.25) is 0 Å². The van der Waals surface area contributed by atoms with Gasteiger partial charge in [-0.25, -0.2) is 4.79 Å². The summed E-state index contributed by atoms with van der Waals surface area (Å²) in [6.45, 7) is 5.20. The zero-order valence-corrected chi connectivity index (χ0v) is 7.63. The van der Waals surface area contributed by atoms with Gasteiger partial charge in [-0.15, -0.1) is 0 Å². The number of hydrogen-bond donors (Lipinski definition) is 1. The highest BCUT2D eigenvalue weighted by molar-refractivity contribution is 5.88. The summed E-state index contributed by atoms with van der Waals surface area (Å²) in [6, 6.07) is 0. The lowest BCUT2D eigenvalue weighted by Gasteiger charge is -2.01. The second-order valence-electron chi connectivity index (χ2n) is 2.31. The Hall–Kier alpha value is -1.25. The van der Waals surface area contributed by atoms with Crippen molar-refractivity contribution in [3.05, 3.63) is 23.7 Å². The van der Waals surface area contributed by atoms with Crippen molar-refractivity contribution in [2.45, 2.75) is 27.2 Å². The van der Waals surface area contributed by atoms with E-state index < -0.39 is 5.97 Å². The molecule has 0 spiro atoms. The zero-order chi connectivity index (χ0) is 9.56. The Morgan fingerprint density at radius 2 is 2.17 bits per heavy atom. The molecule has 0 bridgehead atoms. The minimum absolute atomic E-state index is 0.330. The molecule has 0 rings (SSSR count). The van der Waals surface area contributed by atoms with Gasteiger partial charge in [-0.05, 0) is 26.3 Å². The van der Waals surface area contributed by atoms with Crippen LogP contribution in [-0.4, -0.2) is 11.1 Å². The fourth-order valence-corrected chi connectivity index (χ4v) is 0.510. The lowest BCUT2D eigenvalue weighted by atomic mass is 10.3. The monoisotopic (exact) mass is 170 g/mol. The van der Waals surface area contributed by atoms with Crippen LogP contribution in [0.15, 0.2) is 23.7 Å². The molecule has 0 aromatic rings. The maximum Gasteiger partial charge on any atom is 0.341 e. The number of carbonyl (C=O) groups is 1. The molecule has 12 heavy (non-hydrogen) atoms. The summed E-state index contributed by atoms with van der Waals surface area (Å²) in [6.07, 6.45) is 3.69. The van der Waals surface area contributed by atoms with Crippen molar-refractivity contribution in [1.29, 1.82) is 0 Å². The van der Waals surface area contributed by atoms with Gasteiger partial charge in [0.15, 0.2) is 0 Å². The van der Waals surface area contributed by atoms with Crippen LogP contribution in [0, 0.1) is 0 Å². The molecular weight excluding hydrogens is 156 g/mol. The molecule has 0 saturated heterocycles. The van der Waals surface area contributed by atoms with Crippen molar-refractivity contribution in [2.75, 3.05) is 0 Å². The summed E-state index contributed by atoms with van der Waals surface area (Å²) >= 11 is 0. The van der Waals surface area contributed by atoms with Crippen LogP contribution >= 0.6 is 0 Å². The maximum atomic E-state index is 11.0. The molecule has 0 amide bonds. The van der Waals surface area contributed by atoms with Gasteiger partial charge < -0.3 is 9.84 Å². The highest BCUT2D eigenvalue weighted by Gasteiger charge is 2.06. The molecule has 3 heteroatoms. The van der Waals surface area contributed by atoms with E-state index in [4.69, 9.17) is 5.11 Å². The molecule has 68 valence electrons. The van der Waals surface area contributed by atoms with Crippen molar-refractivity contribution in [3.63, 3.8) is 0 Å². The molecule has 0 aromatic carbocycles. The van der Waals surface area contributed by atoms with E-state index in [1.807, 2.05) is 6.92 Å². The van der Waals surface area contributed by atoms with Crippen LogP contribution in [0.2, 0.25) is 0 Å². The van der Waals surface area contributed by atoms with E-state index in [1.54, 1.807) is 19.9 Å². The Kier molecular flexibility index (Phi) is 4.84. The molecule has 0 aromatic heterocycles. The lowest BCUT2D eigenvalue weighted by Crippen LogP contribution is -2.04. The summed E-state index contributed by atoms with van der Waals surface area (Å²) < 4.78 is 4.55.